The summed E-state index contributed by atoms with van der Waals surface area (Å²) in [7, 11) is 0. The van der Waals surface area contributed by atoms with Crippen molar-refractivity contribution in [2.24, 2.45) is 5.16 Å². The van der Waals surface area contributed by atoms with Crippen molar-refractivity contribution in [3.05, 3.63) is 34.5 Å². The first-order valence-corrected chi connectivity index (χ1v) is 16.4. The molecule has 268 valence electrons. The summed E-state index contributed by atoms with van der Waals surface area (Å²) in [6.07, 6.45) is -5.08. The fourth-order valence-corrected chi connectivity index (χ4v) is 6.96. The van der Waals surface area contributed by atoms with Gasteiger partial charge < -0.3 is 46.4 Å². The number of halogens is 3. The molecule has 0 spiro atoms. The van der Waals surface area contributed by atoms with Crippen LogP contribution in [0.15, 0.2) is 39.1 Å². The number of hydrogen-bond donors (Lipinski definition) is 8. The number of carboxylic acids is 3. The number of amides is 2. The lowest BCUT2D eigenvalue weighted by Crippen LogP contribution is -2.71. The number of anilines is 1. The number of rotatable bonds is 10. The number of aromatic hydroxyl groups is 2. The monoisotopic (exact) mass is 763 g/mol. The Bertz CT molecular complexity index is 1910. The van der Waals surface area contributed by atoms with E-state index in [4.69, 9.17) is 20.5 Å². The van der Waals surface area contributed by atoms with Gasteiger partial charge >= 0.3 is 24.1 Å². The molecule has 0 bridgehead atoms. The number of phenols is 2. The van der Waals surface area contributed by atoms with Gasteiger partial charge in [0.25, 0.3) is 11.8 Å². The number of H-pyrrole nitrogens is 1. The molecule has 0 radical (unpaired) electrons. The number of carboxylic acid groups (broad SMARTS) is 3. The number of imidazole rings is 1. The molecule has 3 aromatic rings. The minimum absolute atomic E-state index is 0.00237. The smallest absolute Gasteiger partial charge is 0.490 e. The maximum Gasteiger partial charge on any atom is 0.490 e. The Kier molecular flexibility index (Phi) is 10.8. The number of fused-ring (bicyclic) bond motifs is 2. The van der Waals surface area contributed by atoms with E-state index in [1.54, 1.807) is 0 Å². The predicted molar refractivity (Wildman–Crippen MR) is 169 cm³/mol. The largest absolute Gasteiger partial charge is 0.504 e. The van der Waals surface area contributed by atoms with Crippen LogP contribution in [0.25, 0.3) is 11.0 Å². The van der Waals surface area contributed by atoms with Gasteiger partial charge in [-0.05, 0) is 19.4 Å². The molecule has 2 atom stereocenters. The van der Waals surface area contributed by atoms with E-state index in [0.29, 0.717) is 21.8 Å². The van der Waals surface area contributed by atoms with Crippen LogP contribution in [0, 0.1) is 0 Å². The number of aromatic amines is 1. The molecule has 2 aliphatic rings. The molecule has 0 saturated carbocycles. The van der Waals surface area contributed by atoms with Gasteiger partial charge in [-0.25, -0.2) is 24.4 Å². The zero-order valence-electron chi connectivity index (χ0n) is 25.2. The van der Waals surface area contributed by atoms with Crippen LogP contribution in [-0.4, -0.2) is 116 Å². The third kappa shape index (κ3) is 8.14. The zero-order valence-corrected chi connectivity index (χ0v) is 27.7. The van der Waals surface area contributed by atoms with E-state index in [1.807, 2.05) is 0 Å². The third-order valence-corrected chi connectivity index (χ3v) is 9.55. The van der Waals surface area contributed by atoms with Crippen molar-refractivity contribution in [3.63, 3.8) is 0 Å². The molecule has 0 aliphatic carbocycles. The first-order valence-electron chi connectivity index (χ1n) is 13.5. The van der Waals surface area contributed by atoms with Crippen LogP contribution < -0.4 is 11.1 Å². The molecule has 2 aromatic heterocycles. The molecule has 18 nitrogen and oxygen atoms in total. The molecule has 5 rings (SSSR count). The first-order chi connectivity index (χ1) is 23.2. The topological polar surface area (TPSA) is 291 Å². The molecule has 1 fully saturated rings. The number of oxime groups is 1. The number of thioether (sulfide) groups is 2. The van der Waals surface area contributed by atoms with Gasteiger partial charge in [0.1, 0.15) is 22.8 Å². The van der Waals surface area contributed by atoms with Crippen LogP contribution in [0.2, 0.25) is 0 Å². The van der Waals surface area contributed by atoms with Gasteiger partial charge in [-0.1, -0.05) is 16.9 Å². The lowest BCUT2D eigenvalue weighted by molar-refractivity contribution is -0.192. The van der Waals surface area contributed by atoms with Gasteiger partial charge in [0.05, 0.1) is 11.0 Å². The fraction of sp³-hybridized carbons (Fsp3) is 0.308. The Morgan fingerprint density at radius 1 is 1.14 bits per heavy atom. The molecular formula is C26H24F3N7O11S3. The number of benzene rings is 1. The van der Waals surface area contributed by atoms with Crippen LogP contribution in [0.5, 0.6) is 11.5 Å². The minimum atomic E-state index is -5.08. The molecule has 24 heteroatoms. The third-order valence-electron chi connectivity index (χ3n) is 6.58. The molecule has 0 unspecified atom stereocenters. The summed E-state index contributed by atoms with van der Waals surface area (Å²) < 4.78 is 31.7. The fourth-order valence-electron chi connectivity index (χ4n) is 4.04. The highest BCUT2D eigenvalue weighted by Gasteiger charge is 2.54. The number of nitrogens with zero attached hydrogens (tertiary/aromatic N) is 4. The summed E-state index contributed by atoms with van der Waals surface area (Å²) in [4.78, 5) is 76.4. The van der Waals surface area contributed by atoms with Crippen LogP contribution in [-0.2, 0) is 28.8 Å². The van der Waals surface area contributed by atoms with E-state index in [1.165, 1.54) is 54.9 Å². The van der Waals surface area contributed by atoms with Crippen molar-refractivity contribution in [2.45, 2.75) is 42.2 Å². The van der Waals surface area contributed by atoms with Crippen LogP contribution in [0.3, 0.4) is 0 Å². The number of nitrogens with one attached hydrogen (secondary N) is 2. The second kappa shape index (κ2) is 14.3. The van der Waals surface area contributed by atoms with Crippen molar-refractivity contribution in [2.75, 3.05) is 17.2 Å². The van der Waals surface area contributed by atoms with E-state index >= 15 is 0 Å². The summed E-state index contributed by atoms with van der Waals surface area (Å²) in [5.74, 6) is -7.21. The van der Waals surface area contributed by atoms with Crippen molar-refractivity contribution in [1.29, 1.82) is 0 Å². The zero-order chi connectivity index (χ0) is 37.3. The lowest BCUT2D eigenvalue weighted by Gasteiger charge is -2.49. The van der Waals surface area contributed by atoms with Crippen LogP contribution in [0.4, 0.5) is 18.3 Å². The summed E-state index contributed by atoms with van der Waals surface area (Å²) >= 11 is 3.44. The molecule has 4 heterocycles. The number of aliphatic carboxylic acids is 3. The normalized spacial score (nSPS) is 17.7. The Hall–Kier alpha value is -5.23. The van der Waals surface area contributed by atoms with E-state index in [2.05, 4.69) is 25.4 Å². The number of aromatic nitrogens is 3. The number of carbonyl (C=O) groups excluding carboxylic acids is 2. The van der Waals surface area contributed by atoms with Crippen LogP contribution >= 0.6 is 34.9 Å². The summed E-state index contributed by atoms with van der Waals surface area (Å²) in [6, 6.07) is 1.50. The maximum absolute atomic E-state index is 13.2. The molecule has 2 amide bonds. The molecule has 1 saturated heterocycles. The van der Waals surface area contributed by atoms with E-state index in [-0.39, 0.29) is 39.5 Å². The SMILES string of the molecule is CC(C)(O/N=C(\C(=O)N[C@@H]1C(=O)N2C(C(=O)O)=C(CSc3nc4cc(O)c(O)cc4[nH]3)CS[C@H]12)c1csc(N)n1)C(=O)O.O=C(O)C(F)(F)F. The molecule has 50 heavy (non-hydrogen) atoms. The van der Waals surface area contributed by atoms with Gasteiger partial charge in [-0.3, -0.25) is 14.5 Å². The van der Waals surface area contributed by atoms with E-state index in [0.717, 1.165) is 16.2 Å². The Morgan fingerprint density at radius 2 is 1.78 bits per heavy atom. The second-order valence-corrected chi connectivity index (χ2v) is 13.5. The maximum atomic E-state index is 13.2. The van der Waals surface area contributed by atoms with Crippen molar-refractivity contribution in [3.8, 4) is 11.5 Å². The second-order valence-electron chi connectivity index (χ2n) is 10.5. The van der Waals surface area contributed by atoms with Gasteiger partial charge in [-0.15, -0.1) is 23.1 Å². The number of thiazole rings is 1. The Labute approximate surface area is 289 Å². The summed E-state index contributed by atoms with van der Waals surface area (Å²) in [5.41, 5.74) is 4.61. The van der Waals surface area contributed by atoms with Crippen molar-refractivity contribution in [1.82, 2.24) is 25.2 Å². The van der Waals surface area contributed by atoms with Crippen molar-refractivity contribution < 1.29 is 67.5 Å². The molecule has 9 N–H and O–H groups in total. The molecule has 2 aliphatic heterocycles. The van der Waals surface area contributed by atoms with Crippen LogP contribution in [0.1, 0.15) is 19.5 Å². The standard InChI is InChI=1S/C24H23N7O9S3.C2HF3O2/c1-24(2,21(38)39)40-30-14(11-7-42-22(25)26-11)17(34)29-15-18(35)31-16(20(36)37)8(5-41-19(15)31)6-43-23-27-9-3-12(32)13(33)4-10(9)28-23;3-2(4,5)1(6)7/h3-4,7,15,19,32-33H,5-6H2,1-2H3,(H2,25,26)(H,27,28)(H,29,34)(H,36,37)(H,38,39);(H,6,7)/b30-14-;/t15-,19-;/m1./s1. The quantitative estimate of drug-likeness (QED) is 0.0480. The number of carbonyl (C=O) groups is 5. The average molecular weight is 764 g/mol. The number of nitrogen functional groups attached to an aromatic ring is 1. The van der Waals surface area contributed by atoms with Gasteiger partial charge in [0.15, 0.2) is 27.5 Å². The average Bonchev–Trinajstić information content (AvgIpc) is 3.63. The highest BCUT2D eigenvalue weighted by Crippen LogP contribution is 2.42. The first kappa shape index (κ1) is 37.6. The Morgan fingerprint density at radius 3 is 2.34 bits per heavy atom. The number of hydrogen-bond acceptors (Lipinski definition) is 15. The van der Waals surface area contributed by atoms with E-state index < -0.39 is 58.6 Å². The number of alkyl halides is 3. The molecule has 1 aromatic carbocycles. The highest BCUT2D eigenvalue weighted by molar-refractivity contribution is 8.01. The number of nitrogens with two attached hydrogens (primary N) is 1. The summed E-state index contributed by atoms with van der Waals surface area (Å²) in [5, 5.41) is 53.3. The Balaban J connectivity index is 0.000000727. The predicted octanol–water partition coefficient (Wildman–Crippen LogP) is 1.76. The lowest BCUT2D eigenvalue weighted by atomic mass is 10.0. The number of phenolic OH excluding ortho intramolecular Hbond substituents is 2. The van der Waals surface area contributed by atoms with Crippen molar-refractivity contribution >= 4 is 86.5 Å². The van der Waals surface area contributed by atoms with Gasteiger partial charge in [-0.2, -0.15) is 13.2 Å². The van der Waals surface area contributed by atoms with E-state index in [9.17, 15) is 52.8 Å². The van der Waals surface area contributed by atoms with Gasteiger partial charge in [0, 0.05) is 29.0 Å². The highest BCUT2D eigenvalue weighted by atomic mass is 32.2. The van der Waals surface area contributed by atoms with Gasteiger partial charge in [0.2, 0.25) is 5.60 Å². The molecular weight excluding hydrogens is 740 g/mol. The minimum Gasteiger partial charge on any atom is -0.504 e. The number of β-lactam (4-membered cyclic amide) rings is 1. The summed E-state index contributed by atoms with van der Waals surface area (Å²) in [6.45, 7) is 2.46.